The molecule has 1 N–H and O–H groups in total. The fraction of sp³-hybridized carbons (Fsp3) is 0.286. The number of hydrogen-bond donors (Lipinski definition) is 1. The third-order valence-electron chi connectivity index (χ3n) is 0.841. The number of rotatable bonds is 0. The van der Waals surface area contributed by atoms with Crippen LogP contribution >= 0.6 is 0 Å². The van der Waals surface area contributed by atoms with Crippen LogP contribution in [0.5, 0.6) is 0 Å². The first kappa shape index (κ1) is 1.51. The lowest BCUT2D eigenvalue weighted by Crippen LogP contribution is -2.08. The number of aromatic amines is 1. The molecule has 0 atom stereocenters. The molecule has 0 aliphatic rings. The van der Waals surface area contributed by atoms with Gasteiger partial charge in [0, 0.05) is 20.0 Å². The summed E-state index contributed by atoms with van der Waals surface area (Å²) in [7, 11) is 0. The molecule has 1 heterocycles. The number of H-pyrrole nitrogens is 1. The fourth-order valence-electron chi connectivity index (χ4n) is 0.389. The van der Waals surface area contributed by atoms with E-state index in [9.17, 15) is 4.79 Å². The maximum Gasteiger partial charge on any atom is 0.251 e. The molecule has 0 aliphatic heterocycles. The lowest BCUT2D eigenvalue weighted by atomic mass is 10.2. The summed E-state index contributed by atoms with van der Waals surface area (Å²) in [4.78, 5) is 13.3. The molecule has 1 rings (SSSR count). The Hall–Kier alpha value is -1.05. The summed E-state index contributed by atoms with van der Waals surface area (Å²) in [6.07, 6.45) is -0.714. The first-order valence-corrected chi connectivity index (χ1v) is 2.20. The van der Waals surface area contributed by atoms with E-state index in [0.717, 1.165) is 0 Å². The molecule has 0 radical (unpaired) electrons. The second kappa shape index (κ2) is 2.05. The minimum absolute atomic E-state index is 0.714. The lowest BCUT2D eigenvalue weighted by molar-refractivity contribution is 1.14. The van der Waals surface area contributed by atoms with E-state index in [1.807, 2.05) is 4.98 Å². The summed E-state index contributed by atoms with van der Waals surface area (Å²) in [5.74, 6) is 0. The second-order valence-corrected chi connectivity index (χ2v) is 1.45. The highest BCUT2D eigenvalue weighted by atomic mass is 16.1. The number of hydrogen-bond acceptors (Lipinski definition) is 1. The average Bonchev–Trinajstić information content (AvgIpc) is 2.06. The molecule has 1 aromatic heterocycles. The summed E-state index contributed by atoms with van der Waals surface area (Å²) < 4.78 is 57.4. The zero-order valence-electron chi connectivity index (χ0n) is 12.4. The van der Waals surface area contributed by atoms with Crippen LogP contribution in [-0.2, 0) is 0 Å². The summed E-state index contributed by atoms with van der Waals surface area (Å²) in [6, 6.07) is -0.796. The Bertz CT molecular complexity index is 496. The average molecular weight is 131 g/mol. The van der Waals surface area contributed by atoms with E-state index in [0.29, 0.717) is 0 Å². The maximum atomic E-state index is 11.4. The van der Waals surface area contributed by atoms with Crippen LogP contribution in [0.25, 0.3) is 0 Å². The van der Waals surface area contributed by atoms with Gasteiger partial charge in [-0.05, 0) is 25.3 Å². The Balaban J connectivity index is 3.83. The zero-order chi connectivity index (χ0) is 13.6. The first-order valence-electron chi connectivity index (χ1n) is 6.20. The molecule has 2 nitrogen and oxygen atoms in total. The van der Waals surface area contributed by atoms with E-state index in [2.05, 4.69) is 0 Å². The predicted molar refractivity (Wildman–Crippen MR) is 36.5 cm³/mol. The fourth-order valence-corrected chi connectivity index (χ4v) is 0.389. The topological polar surface area (TPSA) is 32.9 Å². The van der Waals surface area contributed by atoms with Crippen molar-refractivity contribution in [1.82, 2.24) is 4.98 Å². The molecule has 0 fully saturated rings. The summed E-state index contributed by atoms with van der Waals surface area (Å²) in [6.45, 7) is -5.87. The van der Waals surface area contributed by atoms with Crippen LogP contribution in [-0.4, -0.2) is 4.98 Å². The monoisotopic (exact) mass is 131 g/mol. The third-order valence-corrected chi connectivity index (χ3v) is 0.841. The Morgan fingerprint density at radius 1 is 1.78 bits per heavy atom. The van der Waals surface area contributed by atoms with Gasteiger partial charge in [0.15, 0.2) is 0 Å². The van der Waals surface area contributed by atoms with E-state index < -0.39 is 42.6 Å². The maximum absolute atomic E-state index is 11.4. The van der Waals surface area contributed by atoms with E-state index in [4.69, 9.17) is 11.0 Å². The van der Waals surface area contributed by atoms with Crippen molar-refractivity contribution in [3.05, 3.63) is 33.7 Å². The van der Waals surface area contributed by atoms with Gasteiger partial charge in [0.25, 0.3) is 5.56 Å². The van der Waals surface area contributed by atoms with Crippen molar-refractivity contribution >= 4 is 0 Å². The van der Waals surface area contributed by atoms with Gasteiger partial charge in [-0.25, -0.2) is 0 Å². The molecule has 0 saturated heterocycles. The van der Waals surface area contributed by atoms with E-state index in [-0.39, 0.29) is 0 Å². The van der Waals surface area contributed by atoms with Gasteiger partial charge in [-0.2, -0.15) is 0 Å². The van der Waals surface area contributed by atoms with Crippen molar-refractivity contribution in [3.8, 4) is 0 Å². The molecule has 0 aromatic carbocycles. The van der Waals surface area contributed by atoms with Crippen molar-refractivity contribution in [2.24, 2.45) is 0 Å². The van der Waals surface area contributed by atoms with Crippen molar-refractivity contribution in [2.45, 2.75) is 13.7 Å². The van der Waals surface area contributed by atoms with Crippen LogP contribution in [0.4, 0.5) is 0 Å². The molecular weight excluding hydrogens is 114 g/mol. The van der Waals surface area contributed by atoms with Crippen LogP contribution in [0.15, 0.2) is 17.0 Å². The molecule has 48 valence electrons. The van der Waals surface area contributed by atoms with Crippen molar-refractivity contribution in [3.63, 3.8) is 0 Å². The van der Waals surface area contributed by atoms with Gasteiger partial charge < -0.3 is 4.98 Å². The second-order valence-electron chi connectivity index (χ2n) is 1.45. The van der Waals surface area contributed by atoms with Crippen molar-refractivity contribution < 1.29 is 11.0 Å². The molecule has 0 saturated carbocycles. The molecule has 0 bridgehead atoms. The Kier molecular flexibility index (Phi) is 0.344. The van der Waals surface area contributed by atoms with Gasteiger partial charge in [-0.3, -0.25) is 4.79 Å². The van der Waals surface area contributed by atoms with E-state index >= 15 is 0 Å². The largest absolute Gasteiger partial charge is 0.329 e. The summed E-state index contributed by atoms with van der Waals surface area (Å²) in [5, 5.41) is 0. The minimum atomic E-state index is -2.94. The lowest BCUT2D eigenvalue weighted by Gasteiger charge is -1.93. The van der Waals surface area contributed by atoms with Crippen LogP contribution in [0.3, 0.4) is 0 Å². The Morgan fingerprint density at radius 2 is 2.67 bits per heavy atom. The highest BCUT2D eigenvalue weighted by Gasteiger charge is 1.92. The summed E-state index contributed by atoms with van der Waals surface area (Å²) in [5.41, 5.74) is -3.00. The van der Waals surface area contributed by atoms with Crippen LogP contribution in [0.2, 0.25) is 0 Å². The van der Waals surface area contributed by atoms with Crippen LogP contribution in [0, 0.1) is 13.7 Å². The standard InChI is InChI=1S/C7H9NO/c1-5-3-4-8-7(9)6(5)2/h3-4H,1-2H3,(H,8,9)/i1D3,2D3,3D,4D. The molecule has 9 heavy (non-hydrogen) atoms. The van der Waals surface area contributed by atoms with Gasteiger partial charge in [-0.1, -0.05) is 0 Å². The molecular formula is C7H9NO. The Morgan fingerprint density at radius 3 is 3.33 bits per heavy atom. The predicted octanol–water partition coefficient (Wildman–Crippen LogP) is 0.992. The van der Waals surface area contributed by atoms with Gasteiger partial charge in [0.05, 0.1) is 2.74 Å². The van der Waals surface area contributed by atoms with Gasteiger partial charge in [-0.15, -0.1) is 0 Å². The van der Waals surface area contributed by atoms with Gasteiger partial charge in [0.1, 0.15) is 0 Å². The molecule has 0 aliphatic carbocycles. The van der Waals surface area contributed by atoms with E-state index in [1.165, 1.54) is 0 Å². The number of pyridine rings is 1. The molecule has 0 spiro atoms. The summed E-state index contributed by atoms with van der Waals surface area (Å²) >= 11 is 0. The highest BCUT2D eigenvalue weighted by molar-refractivity contribution is 5.19. The smallest absolute Gasteiger partial charge is 0.251 e. The minimum Gasteiger partial charge on any atom is -0.329 e. The molecule has 2 heteroatoms. The van der Waals surface area contributed by atoms with Crippen LogP contribution in [0.1, 0.15) is 22.1 Å². The quantitative estimate of drug-likeness (QED) is 0.559. The number of aromatic nitrogens is 1. The van der Waals surface area contributed by atoms with Crippen LogP contribution < -0.4 is 5.56 Å². The van der Waals surface area contributed by atoms with E-state index in [1.54, 1.807) is 0 Å². The van der Waals surface area contributed by atoms with Crippen molar-refractivity contribution in [1.29, 1.82) is 0 Å². The van der Waals surface area contributed by atoms with Gasteiger partial charge in [0.2, 0.25) is 0 Å². The molecule has 1 aromatic rings. The first-order chi connectivity index (χ1) is 7.46. The zero-order valence-corrected chi connectivity index (χ0v) is 4.41. The SMILES string of the molecule is [2H]c1[nH]c(=O)c(C([2H])([2H])[2H])c(C([2H])([2H])[2H])c1[2H]. The Labute approximate surface area is 64.8 Å². The number of nitrogens with one attached hydrogen (secondary N) is 1. The van der Waals surface area contributed by atoms with Crippen molar-refractivity contribution in [2.75, 3.05) is 0 Å². The highest BCUT2D eigenvalue weighted by Crippen LogP contribution is 1.95. The third kappa shape index (κ3) is 1.02. The molecule has 0 amide bonds. The molecule has 0 unspecified atom stereocenters. The van der Waals surface area contributed by atoms with Gasteiger partial charge >= 0.3 is 0 Å². The normalized spacial score (nSPS) is 25.3.